The molecule has 26 heavy (non-hydrogen) atoms. The quantitative estimate of drug-likeness (QED) is 0.804. The first kappa shape index (κ1) is 17.2. The van der Waals surface area contributed by atoms with E-state index in [1.165, 1.54) is 0 Å². The van der Waals surface area contributed by atoms with E-state index in [9.17, 15) is 4.79 Å². The summed E-state index contributed by atoms with van der Waals surface area (Å²) in [6.45, 7) is 6.28. The van der Waals surface area contributed by atoms with Gasteiger partial charge in [-0.05, 0) is 11.4 Å². The molecule has 2 aliphatic rings. The minimum absolute atomic E-state index is 0.212. The predicted molar refractivity (Wildman–Crippen MR) is 102 cm³/mol. The Bertz CT molecular complexity index is 725. The molecule has 2 aliphatic heterocycles. The summed E-state index contributed by atoms with van der Waals surface area (Å²) in [6, 6.07) is 6.06. The fraction of sp³-hybridized carbons (Fsp3) is 0.500. The van der Waals surface area contributed by atoms with Crippen molar-refractivity contribution in [1.82, 2.24) is 14.9 Å². The Hall–Kier alpha value is -2.19. The molecule has 2 aromatic heterocycles. The molecule has 4 heterocycles. The van der Waals surface area contributed by atoms with Crippen LogP contribution in [0.1, 0.15) is 4.88 Å². The van der Waals surface area contributed by atoms with E-state index < -0.39 is 0 Å². The van der Waals surface area contributed by atoms with E-state index in [1.54, 1.807) is 17.7 Å². The third-order valence-electron chi connectivity index (χ3n) is 4.84. The lowest BCUT2D eigenvalue weighted by Gasteiger charge is -2.36. The third kappa shape index (κ3) is 3.96. The Morgan fingerprint density at radius 1 is 1.04 bits per heavy atom. The number of anilines is 2. The van der Waals surface area contributed by atoms with Crippen molar-refractivity contribution in [3.63, 3.8) is 0 Å². The predicted octanol–water partition coefficient (Wildman–Crippen LogP) is 1.27. The van der Waals surface area contributed by atoms with Crippen LogP contribution in [-0.2, 0) is 16.0 Å². The van der Waals surface area contributed by atoms with E-state index in [4.69, 9.17) is 4.74 Å². The normalized spacial score (nSPS) is 18.2. The number of nitrogens with zero attached hydrogens (tertiary/aromatic N) is 5. The average Bonchev–Trinajstić information content (AvgIpc) is 3.22. The van der Waals surface area contributed by atoms with E-state index in [1.807, 2.05) is 22.4 Å². The lowest BCUT2D eigenvalue weighted by atomic mass is 10.2. The van der Waals surface area contributed by atoms with Crippen molar-refractivity contribution >= 4 is 28.9 Å². The maximum atomic E-state index is 12.4. The maximum absolute atomic E-state index is 12.4. The standard InChI is InChI=1S/C18H23N5O2S/c24-18(12-15-2-1-11-26-15)23-5-3-21(4-6-23)16-13-17(20-14-19-16)22-7-9-25-10-8-22/h1-2,11,13-14H,3-10,12H2. The Kier molecular flexibility index (Phi) is 5.31. The molecule has 0 saturated carbocycles. The molecule has 8 heteroatoms. The van der Waals surface area contributed by atoms with E-state index in [0.29, 0.717) is 6.42 Å². The first-order chi connectivity index (χ1) is 12.8. The fourth-order valence-electron chi connectivity index (χ4n) is 3.33. The van der Waals surface area contributed by atoms with Gasteiger partial charge in [-0.2, -0.15) is 0 Å². The van der Waals surface area contributed by atoms with Crippen molar-refractivity contribution in [3.05, 3.63) is 34.8 Å². The van der Waals surface area contributed by atoms with Crippen LogP contribution in [0.3, 0.4) is 0 Å². The molecule has 0 N–H and O–H groups in total. The summed E-state index contributed by atoms with van der Waals surface area (Å²) < 4.78 is 5.41. The first-order valence-electron chi connectivity index (χ1n) is 8.99. The van der Waals surface area contributed by atoms with Gasteiger partial charge in [0.15, 0.2) is 0 Å². The largest absolute Gasteiger partial charge is 0.378 e. The van der Waals surface area contributed by atoms with Gasteiger partial charge < -0.3 is 19.4 Å². The molecule has 4 rings (SSSR count). The van der Waals surface area contributed by atoms with Crippen LogP contribution in [-0.4, -0.2) is 73.3 Å². The summed E-state index contributed by atoms with van der Waals surface area (Å²) in [6.07, 6.45) is 2.14. The number of carbonyl (C=O) groups excluding carboxylic acids is 1. The average molecular weight is 373 g/mol. The second-order valence-electron chi connectivity index (χ2n) is 6.46. The highest BCUT2D eigenvalue weighted by molar-refractivity contribution is 7.10. The Balaban J connectivity index is 1.35. The molecule has 0 atom stereocenters. The minimum Gasteiger partial charge on any atom is -0.378 e. The summed E-state index contributed by atoms with van der Waals surface area (Å²) in [4.78, 5) is 28.9. The Morgan fingerprint density at radius 3 is 2.38 bits per heavy atom. The molecule has 0 spiro atoms. The molecule has 1 amide bonds. The van der Waals surface area contributed by atoms with Crippen LogP contribution in [0.15, 0.2) is 29.9 Å². The van der Waals surface area contributed by atoms with Gasteiger partial charge in [-0.15, -0.1) is 11.3 Å². The number of aromatic nitrogens is 2. The zero-order valence-electron chi connectivity index (χ0n) is 14.7. The second-order valence-corrected chi connectivity index (χ2v) is 7.49. The van der Waals surface area contributed by atoms with Crippen LogP contribution >= 0.6 is 11.3 Å². The van der Waals surface area contributed by atoms with Gasteiger partial charge in [-0.3, -0.25) is 4.79 Å². The number of ether oxygens (including phenoxy) is 1. The summed E-state index contributed by atoms with van der Waals surface area (Å²) in [5.41, 5.74) is 0. The summed E-state index contributed by atoms with van der Waals surface area (Å²) >= 11 is 1.64. The van der Waals surface area contributed by atoms with Crippen molar-refractivity contribution in [2.24, 2.45) is 0 Å². The van der Waals surface area contributed by atoms with Crippen LogP contribution in [0.4, 0.5) is 11.6 Å². The number of thiophene rings is 1. The van der Waals surface area contributed by atoms with Crippen molar-refractivity contribution in [1.29, 1.82) is 0 Å². The molecule has 0 aliphatic carbocycles. The minimum atomic E-state index is 0.212. The molecule has 0 radical (unpaired) electrons. The monoisotopic (exact) mass is 373 g/mol. The van der Waals surface area contributed by atoms with Gasteiger partial charge in [0, 0.05) is 50.2 Å². The van der Waals surface area contributed by atoms with Crippen molar-refractivity contribution in [3.8, 4) is 0 Å². The molecule has 2 saturated heterocycles. The fourth-order valence-corrected chi connectivity index (χ4v) is 4.03. The lowest BCUT2D eigenvalue weighted by molar-refractivity contribution is -0.130. The highest BCUT2D eigenvalue weighted by atomic mass is 32.1. The number of hydrogen-bond acceptors (Lipinski definition) is 7. The van der Waals surface area contributed by atoms with Gasteiger partial charge in [0.1, 0.15) is 18.0 Å². The molecule has 0 unspecified atom stereocenters. The molecular formula is C18H23N5O2S. The maximum Gasteiger partial charge on any atom is 0.227 e. The number of piperazine rings is 1. The van der Waals surface area contributed by atoms with Crippen LogP contribution in [0, 0.1) is 0 Å². The van der Waals surface area contributed by atoms with Crippen molar-refractivity contribution in [2.45, 2.75) is 6.42 Å². The highest BCUT2D eigenvalue weighted by Gasteiger charge is 2.23. The van der Waals surface area contributed by atoms with E-state index in [0.717, 1.165) is 69.0 Å². The van der Waals surface area contributed by atoms with Crippen LogP contribution in [0.5, 0.6) is 0 Å². The van der Waals surface area contributed by atoms with Crippen molar-refractivity contribution in [2.75, 3.05) is 62.3 Å². The molecular weight excluding hydrogens is 350 g/mol. The molecule has 2 fully saturated rings. The highest BCUT2D eigenvalue weighted by Crippen LogP contribution is 2.20. The second kappa shape index (κ2) is 8.01. The molecule has 7 nitrogen and oxygen atoms in total. The van der Waals surface area contributed by atoms with Crippen LogP contribution in [0.2, 0.25) is 0 Å². The van der Waals surface area contributed by atoms with Gasteiger partial charge in [0.25, 0.3) is 0 Å². The van der Waals surface area contributed by atoms with Gasteiger partial charge in [-0.1, -0.05) is 6.07 Å². The van der Waals surface area contributed by atoms with E-state index in [-0.39, 0.29) is 5.91 Å². The number of morpholine rings is 1. The lowest BCUT2D eigenvalue weighted by Crippen LogP contribution is -2.49. The van der Waals surface area contributed by atoms with Gasteiger partial charge in [0.05, 0.1) is 19.6 Å². The van der Waals surface area contributed by atoms with E-state index in [2.05, 4.69) is 25.8 Å². The topological polar surface area (TPSA) is 61.8 Å². The molecule has 2 aromatic rings. The SMILES string of the molecule is O=C(Cc1cccs1)N1CCN(c2cc(N3CCOCC3)ncn2)CC1. The van der Waals surface area contributed by atoms with Crippen molar-refractivity contribution < 1.29 is 9.53 Å². The summed E-state index contributed by atoms with van der Waals surface area (Å²) in [5.74, 6) is 2.10. The summed E-state index contributed by atoms with van der Waals surface area (Å²) in [7, 11) is 0. The number of carbonyl (C=O) groups is 1. The Morgan fingerprint density at radius 2 is 1.73 bits per heavy atom. The van der Waals surface area contributed by atoms with E-state index >= 15 is 0 Å². The van der Waals surface area contributed by atoms with Gasteiger partial charge in [0.2, 0.25) is 5.91 Å². The van der Waals surface area contributed by atoms with Crippen LogP contribution < -0.4 is 9.80 Å². The molecule has 138 valence electrons. The zero-order valence-corrected chi connectivity index (χ0v) is 15.5. The first-order valence-corrected chi connectivity index (χ1v) is 9.87. The van der Waals surface area contributed by atoms with Gasteiger partial charge >= 0.3 is 0 Å². The molecule has 0 aromatic carbocycles. The Labute approximate surface area is 157 Å². The number of hydrogen-bond donors (Lipinski definition) is 0. The summed E-state index contributed by atoms with van der Waals surface area (Å²) in [5, 5.41) is 2.02. The number of amides is 1. The third-order valence-corrected chi connectivity index (χ3v) is 5.71. The zero-order chi connectivity index (χ0) is 17.8. The van der Waals surface area contributed by atoms with Crippen LogP contribution in [0.25, 0.3) is 0 Å². The smallest absolute Gasteiger partial charge is 0.227 e. The molecule has 0 bridgehead atoms. The number of rotatable bonds is 4. The van der Waals surface area contributed by atoms with Gasteiger partial charge in [-0.25, -0.2) is 9.97 Å².